The Balaban J connectivity index is 2.10. The maximum absolute atomic E-state index is 13.7. The molecule has 0 bridgehead atoms. The lowest BCUT2D eigenvalue weighted by molar-refractivity contribution is 0.0121. The van der Waals surface area contributed by atoms with Crippen molar-refractivity contribution in [1.29, 1.82) is 0 Å². The predicted molar refractivity (Wildman–Crippen MR) is 67.1 cm³/mol. The molecule has 1 aliphatic heterocycles. The fraction of sp³-hybridized carbons (Fsp3) is 0.538. The Labute approximate surface area is 106 Å². The third kappa shape index (κ3) is 2.98. The zero-order valence-corrected chi connectivity index (χ0v) is 10.5. The summed E-state index contributed by atoms with van der Waals surface area (Å²) in [6.07, 6.45) is -0.115. The Kier molecular flexibility index (Phi) is 4.52. The lowest BCUT2D eigenvalue weighted by Gasteiger charge is -2.29. The predicted octanol–water partition coefficient (Wildman–Crippen LogP) is 1.21. The second-order valence-electron chi connectivity index (χ2n) is 4.26. The minimum Gasteiger partial charge on any atom is -0.491 e. The van der Waals surface area contributed by atoms with E-state index in [4.69, 9.17) is 15.2 Å². The normalized spacial score (nSPS) is 21.6. The van der Waals surface area contributed by atoms with E-state index >= 15 is 0 Å². The average molecular weight is 254 g/mol. The Morgan fingerprint density at radius 2 is 2.44 bits per heavy atom. The number of halogens is 1. The van der Waals surface area contributed by atoms with Gasteiger partial charge in [0.25, 0.3) is 0 Å². The highest BCUT2D eigenvalue weighted by molar-refractivity contribution is 5.31. The molecule has 18 heavy (non-hydrogen) atoms. The van der Waals surface area contributed by atoms with Crippen LogP contribution in [0.5, 0.6) is 5.75 Å². The molecule has 1 aromatic carbocycles. The van der Waals surface area contributed by atoms with Gasteiger partial charge in [0.1, 0.15) is 0 Å². The van der Waals surface area contributed by atoms with Crippen molar-refractivity contribution < 1.29 is 13.9 Å². The molecule has 3 N–H and O–H groups in total. The van der Waals surface area contributed by atoms with Crippen molar-refractivity contribution in [1.82, 2.24) is 5.32 Å². The number of morpholine rings is 1. The van der Waals surface area contributed by atoms with Crippen molar-refractivity contribution in [3.05, 3.63) is 29.6 Å². The molecule has 1 aromatic rings. The van der Waals surface area contributed by atoms with E-state index in [1.807, 2.05) is 6.92 Å². The summed E-state index contributed by atoms with van der Waals surface area (Å²) < 4.78 is 24.5. The van der Waals surface area contributed by atoms with Gasteiger partial charge in [-0.15, -0.1) is 0 Å². The first-order chi connectivity index (χ1) is 8.72. The van der Waals surface area contributed by atoms with Crippen LogP contribution in [0.15, 0.2) is 18.2 Å². The van der Waals surface area contributed by atoms with Crippen LogP contribution < -0.4 is 15.8 Å². The van der Waals surface area contributed by atoms with E-state index in [2.05, 4.69) is 5.32 Å². The molecular weight excluding hydrogens is 235 g/mol. The number of nitrogens with two attached hydrogens (primary N) is 1. The van der Waals surface area contributed by atoms with Crippen LogP contribution in [-0.2, 0) is 4.74 Å². The van der Waals surface area contributed by atoms with Crippen LogP contribution in [0.25, 0.3) is 0 Å². The molecule has 2 atom stereocenters. The summed E-state index contributed by atoms with van der Waals surface area (Å²) in [5.74, 6) is -0.121. The first kappa shape index (κ1) is 13.3. The average Bonchev–Trinajstić information content (AvgIpc) is 2.41. The fourth-order valence-electron chi connectivity index (χ4n) is 2.03. The van der Waals surface area contributed by atoms with Gasteiger partial charge in [0.15, 0.2) is 11.6 Å². The molecule has 0 aromatic heterocycles. The van der Waals surface area contributed by atoms with Crippen LogP contribution in [-0.4, -0.2) is 32.4 Å². The maximum Gasteiger partial charge on any atom is 0.165 e. The van der Waals surface area contributed by atoms with E-state index in [9.17, 15) is 4.39 Å². The van der Waals surface area contributed by atoms with E-state index in [1.165, 1.54) is 6.07 Å². The number of nitrogens with one attached hydrogen (secondary N) is 1. The zero-order chi connectivity index (χ0) is 13.0. The Morgan fingerprint density at radius 1 is 1.61 bits per heavy atom. The van der Waals surface area contributed by atoms with E-state index in [0.29, 0.717) is 19.8 Å². The summed E-state index contributed by atoms with van der Waals surface area (Å²) in [5.41, 5.74) is 6.82. The van der Waals surface area contributed by atoms with Gasteiger partial charge >= 0.3 is 0 Å². The van der Waals surface area contributed by atoms with Gasteiger partial charge in [0.2, 0.25) is 0 Å². The van der Waals surface area contributed by atoms with E-state index in [1.54, 1.807) is 12.1 Å². The molecule has 2 unspecified atom stereocenters. The summed E-state index contributed by atoms with van der Waals surface area (Å²) in [7, 11) is 0. The van der Waals surface area contributed by atoms with Gasteiger partial charge in [0.05, 0.1) is 25.4 Å². The van der Waals surface area contributed by atoms with Crippen molar-refractivity contribution in [3.8, 4) is 5.75 Å². The molecule has 0 radical (unpaired) electrons. The lowest BCUT2D eigenvalue weighted by atomic mass is 10.0. The van der Waals surface area contributed by atoms with E-state index in [-0.39, 0.29) is 23.7 Å². The Morgan fingerprint density at radius 3 is 3.06 bits per heavy atom. The molecule has 0 spiro atoms. The minimum atomic E-state index is -0.381. The molecule has 2 rings (SSSR count). The highest BCUT2D eigenvalue weighted by atomic mass is 19.1. The number of benzene rings is 1. The standard InChI is InChI=1S/C13H19FN2O2/c1-2-17-11-4-3-9(7-10(11)14)13(15)12-8-16-5-6-18-12/h3-4,7,12-13,16H,2,5-6,8,15H2,1H3. The molecule has 100 valence electrons. The van der Waals surface area contributed by atoms with Gasteiger partial charge in [-0.1, -0.05) is 6.07 Å². The molecular formula is C13H19FN2O2. The topological polar surface area (TPSA) is 56.5 Å². The van der Waals surface area contributed by atoms with Crippen LogP contribution in [0.4, 0.5) is 4.39 Å². The minimum absolute atomic E-state index is 0.115. The summed E-state index contributed by atoms with van der Waals surface area (Å²) in [4.78, 5) is 0. The van der Waals surface area contributed by atoms with E-state index < -0.39 is 0 Å². The van der Waals surface area contributed by atoms with Crippen molar-refractivity contribution >= 4 is 0 Å². The maximum atomic E-state index is 13.7. The molecule has 0 aliphatic carbocycles. The van der Waals surface area contributed by atoms with E-state index in [0.717, 1.165) is 12.1 Å². The van der Waals surface area contributed by atoms with Crippen LogP contribution in [0, 0.1) is 5.82 Å². The Bertz CT molecular complexity index is 395. The van der Waals surface area contributed by atoms with Crippen LogP contribution >= 0.6 is 0 Å². The smallest absolute Gasteiger partial charge is 0.165 e. The van der Waals surface area contributed by atoms with Gasteiger partial charge < -0.3 is 20.5 Å². The number of ether oxygens (including phenoxy) is 2. The molecule has 1 heterocycles. The summed E-state index contributed by atoms with van der Waals surface area (Å²) in [5, 5.41) is 3.21. The van der Waals surface area contributed by atoms with Gasteiger partial charge in [0, 0.05) is 13.1 Å². The number of hydrogen-bond donors (Lipinski definition) is 2. The van der Waals surface area contributed by atoms with Crippen LogP contribution in [0.2, 0.25) is 0 Å². The van der Waals surface area contributed by atoms with Crippen molar-refractivity contribution in [2.75, 3.05) is 26.3 Å². The van der Waals surface area contributed by atoms with Crippen LogP contribution in [0.3, 0.4) is 0 Å². The zero-order valence-electron chi connectivity index (χ0n) is 10.5. The highest BCUT2D eigenvalue weighted by Crippen LogP contribution is 2.24. The molecule has 1 saturated heterocycles. The number of hydrogen-bond acceptors (Lipinski definition) is 4. The van der Waals surface area contributed by atoms with Gasteiger partial charge in [-0.05, 0) is 24.6 Å². The summed E-state index contributed by atoms with van der Waals surface area (Å²) in [6, 6.07) is 4.50. The van der Waals surface area contributed by atoms with Gasteiger partial charge in [-0.2, -0.15) is 0 Å². The second kappa shape index (κ2) is 6.13. The quantitative estimate of drug-likeness (QED) is 0.848. The first-order valence-corrected chi connectivity index (χ1v) is 6.22. The van der Waals surface area contributed by atoms with Crippen molar-refractivity contribution in [2.24, 2.45) is 5.73 Å². The lowest BCUT2D eigenvalue weighted by Crippen LogP contribution is -2.44. The molecule has 0 saturated carbocycles. The molecule has 5 heteroatoms. The third-order valence-electron chi connectivity index (χ3n) is 3.00. The molecule has 1 aliphatic rings. The number of rotatable bonds is 4. The summed E-state index contributed by atoms with van der Waals surface area (Å²) >= 11 is 0. The summed E-state index contributed by atoms with van der Waals surface area (Å²) in [6.45, 7) is 4.42. The molecule has 4 nitrogen and oxygen atoms in total. The molecule has 1 fully saturated rings. The monoisotopic (exact) mass is 254 g/mol. The molecule has 0 amide bonds. The largest absolute Gasteiger partial charge is 0.491 e. The van der Waals surface area contributed by atoms with Crippen LogP contribution in [0.1, 0.15) is 18.5 Å². The SMILES string of the molecule is CCOc1ccc(C(N)C2CNCCO2)cc1F. The highest BCUT2D eigenvalue weighted by Gasteiger charge is 2.23. The Hall–Kier alpha value is -1.17. The first-order valence-electron chi connectivity index (χ1n) is 6.22. The second-order valence-corrected chi connectivity index (χ2v) is 4.26. The van der Waals surface area contributed by atoms with Crippen molar-refractivity contribution in [2.45, 2.75) is 19.1 Å². The van der Waals surface area contributed by atoms with Gasteiger partial charge in [-0.3, -0.25) is 0 Å². The fourth-order valence-corrected chi connectivity index (χ4v) is 2.03. The van der Waals surface area contributed by atoms with Crippen molar-refractivity contribution in [3.63, 3.8) is 0 Å². The van der Waals surface area contributed by atoms with Gasteiger partial charge in [-0.25, -0.2) is 4.39 Å². The third-order valence-corrected chi connectivity index (χ3v) is 3.00.